The van der Waals surface area contributed by atoms with Gasteiger partial charge < -0.3 is 5.32 Å². The number of carbonyl (C=O) groups excluding carboxylic acids is 2. The van der Waals surface area contributed by atoms with Gasteiger partial charge in [0.1, 0.15) is 0 Å². The first kappa shape index (κ1) is 22.4. The SMILES string of the molecule is CC(=O)c1cccc(NC(=O)CN(CCc2ccccc2)S(=O)(=O)c2ccccc2)c1. The second kappa shape index (κ2) is 10.1. The first-order chi connectivity index (χ1) is 14.9. The number of Topliss-reactive ketones (excluding diaryl/α,β-unsaturated/α-hetero) is 1. The molecule has 0 unspecified atom stereocenters. The van der Waals surface area contributed by atoms with Crippen LogP contribution in [0.1, 0.15) is 22.8 Å². The molecular formula is C24H24N2O4S. The smallest absolute Gasteiger partial charge is 0.243 e. The van der Waals surface area contributed by atoms with E-state index in [0.29, 0.717) is 17.7 Å². The van der Waals surface area contributed by atoms with Crippen LogP contribution in [-0.2, 0) is 21.2 Å². The predicted octanol–water partition coefficient (Wildman–Crippen LogP) is 3.76. The van der Waals surface area contributed by atoms with Crippen molar-refractivity contribution in [2.45, 2.75) is 18.2 Å². The van der Waals surface area contributed by atoms with E-state index in [1.165, 1.54) is 23.4 Å². The lowest BCUT2D eigenvalue weighted by Crippen LogP contribution is -2.39. The quantitative estimate of drug-likeness (QED) is 0.518. The number of nitrogens with one attached hydrogen (secondary N) is 1. The average molecular weight is 437 g/mol. The van der Waals surface area contributed by atoms with Crippen LogP contribution in [0.2, 0.25) is 0 Å². The monoisotopic (exact) mass is 436 g/mol. The minimum atomic E-state index is -3.86. The molecule has 1 N–H and O–H groups in total. The van der Waals surface area contributed by atoms with Crippen molar-refractivity contribution in [2.75, 3.05) is 18.4 Å². The van der Waals surface area contributed by atoms with E-state index in [1.807, 2.05) is 30.3 Å². The Labute approximate surface area is 182 Å². The summed E-state index contributed by atoms with van der Waals surface area (Å²) < 4.78 is 27.6. The van der Waals surface area contributed by atoms with E-state index in [9.17, 15) is 18.0 Å². The zero-order valence-electron chi connectivity index (χ0n) is 17.2. The number of carbonyl (C=O) groups is 2. The van der Waals surface area contributed by atoms with Crippen molar-refractivity contribution in [1.29, 1.82) is 0 Å². The highest BCUT2D eigenvalue weighted by Crippen LogP contribution is 2.17. The Bertz CT molecular complexity index is 1150. The fraction of sp³-hybridized carbons (Fsp3) is 0.167. The Morgan fingerprint density at radius 3 is 2.16 bits per heavy atom. The summed E-state index contributed by atoms with van der Waals surface area (Å²) in [5.74, 6) is -0.597. The van der Waals surface area contributed by atoms with Crippen molar-refractivity contribution >= 4 is 27.4 Å². The van der Waals surface area contributed by atoms with E-state index >= 15 is 0 Å². The van der Waals surface area contributed by atoms with Gasteiger partial charge in [0, 0.05) is 17.8 Å². The van der Waals surface area contributed by atoms with Crippen LogP contribution >= 0.6 is 0 Å². The molecule has 0 aliphatic rings. The van der Waals surface area contributed by atoms with Gasteiger partial charge in [0.25, 0.3) is 0 Å². The molecule has 3 aromatic rings. The van der Waals surface area contributed by atoms with Gasteiger partial charge >= 0.3 is 0 Å². The number of hydrogen-bond donors (Lipinski definition) is 1. The van der Waals surface area contributed by atoms with Crippen molar-refractivity contribution in [3.05, 3.63) is 96.1 Å². The Morgan fingerprint density at radius 1 is 0.871 bits per heavy atom. The van der Waals surface area contributed by atoms with E-state index in [4.69, 9.17) is 0 Å². The van der Waals surface area contributed by atoms with Crippen LogP contribution < -0.4 is 5.32 Å². The van der Waals surface area contributed by atoms with Crippen LogP contribution in [0.15, 0.2) is 89.8 Å². The molecule has 0 saturated heterocycles. The Balaban J connectivity index is 1.79. The summed E-state index contributed by atoms with van der Waals surface area (Å²) in [5.41, 5.74) is 1.89. The molecule has 0 fully saturated rings. The highest BCUT2D eigenvalue weighted by atomic mass is 32.2. The van der Waals surface area contributed by atoms with Gasteiger partial charge in [0.05, 0.1) is 11.4 Å². The number of benzene rings is 3. The maximum absolute atomic E-state index is 13.2. The molecule has 31 heavy (non-hydrogen) atoms. The van der Waals surface area contributed by atoms with Crippen molar-refractivity contribution in [2.24, 2.45) is 0 Å². The van der Waals surface area contributed by atoms with E-state index in [0.717, 1.165) is 5.56 Å². The highest BCUT2D eigenvalue weighted by Gasteiger charge is 2.26. The van der Waals surface area contributed by atoms with Gasteiger partial charge in [-0.15, -0.1) is 0 Å². The van der Waals surface area contributed by atoms with Gasteiger partial charge in [-0.05, 0) is 43.2 Å². The van der Waals surface area contributed by atoms with Crippen LogP contribution in [-0.4, -0.2) is 37.5 Å². The summed E-state index contributed by atoms with van der Waals surface area (Å²) in [4.78, 5) is 24.4. The first-order valence-electron chi connectivity index (χ1n) is 9.86. The van der Waals surface area contributed by atoms with Crippen LogP contribution in [0.3, 0.4) is 0 Å². The number of ketones is 1. The predicted molar refractivity (Wildman–Crippen MR) is 120 cm³/mol. The second-order valence-electron chi connectivity index (χ2n) is 7.07. The molecule has 0 aliphatic heterocycles. The third-order valence-electron chi connectivity index (χ3n) is 4.75. The number of sulfonamides is 1. The summed E-state index contributed by atoms with van der Waals surface area (Å²) in [5, 5.41) is 2.69. The van der Waals surface area contributed by atoms with Crippen molar-refractivity contribution < 1.29 is 18.0 Å². The minimum Gasteiger partial charge on any atom is -0.325 e. The summed E-state index contributed by atoms with van der Waals surface area (Å²) in [6.45, 7) is 1.26. The summed E-state index contributed by atoms with van der Waals surface area (Å²) in [6.07, 6.45) is 0.472. The van der Waals surface area contributed by atoms with Crippen molar-refractivity contribution in [1.82, 2.24) is 4.31 Å². The minimum absolute atomic E-state index is 0.118. The van der Waals surface area contributed by atoms with Gasteiger partial charge in [0.15, 0.2) is 5.78 Å². The molecule has 0 spiro atoms. The Hall–Kier alpha value is -3.29. The maximum atomic E-state index is 13.2. The summed E-state index contributed by atoms with van der Waals surface area (Å²) in [6, 6.07) is 24.1. The van der Waals surface area contributed by atoms with Gasteiger partial charge in [-0.25, -0.2) is 8.42 Å². The van der Waals surface area contributed by atoms with Gasteiger partial charge in [-0.2, -0.15) is 4.31 Å². The third kappa shape index (κ3) is 6.10. The molecule has 0 radical (unpaired) electrons. The standard InChI is InChI=1S/C24H24N2O4S/c1-19(27)21-11-8-12-22(17-21)25-24(28)18-26(16-15-20-9-4-2-5-10-20)31(29,30)23-13-6-3-7-14-23/h2-14,17H,15-16,18H2,1H3,(H,25,28). The second-order valence-corrected chi connectivity index (χ2v) is 9.01. The lowest BCUT2D eigenvalue weighted by atomic mass is 10.1. The molecule has 0 saturated carbocycles. The zero-order chi connectivity index (χ0) is 22.3. The summed E-state index contributed by atoms with van der Waals surface area (Å²) in [7, 11) is -3.86. The highest BCUT2D eigenvalue weighted by molar-refractivity contribution is 7.89. The fourth-order valence-electron chi connectivity index (χ4n) is 3.10. The third-order valence-corrected chi connectivity index (χ3v) is 6.61. The van der Waals surface area contributed by atoms with Gasteiger partial charge in [-0.3, -0.25) is 9.59 Å². The molecular weight excluding hydrogens is 412 g/mol. The Morgan fingerprint density at radius 2 is 1.52 bits per heavy atom. The average Bonchev–Trinajstić information content (AvgIpc) is 2.78. The molecule has 0 aromatic heterocycles. The molecule has 7 heteroatoms. The van der Waals surface area contributed by atoms with Crippen LogP contribution in [0.5, 0.6) is 0 Å². The number of amides is 1. The normalized spacial score (nSPS) is 11.3. The van der Waals surface area contributed by atoms with E-state index in [-0.39, 0.29) is 23.8 Å². The molecule has 3 rings (SSSR count). The van der Waals surface area contributed by atoms with Gasteiger partial charge in [-0.1, -0.05) is 60.7 Å². The number of anilines is 1. The Kier molecular flexibility index (Phi) is 7.33. The lowest BCUT2D eigenvalue weighted by Gasteiger charge is -2.22. The molecule has 1 amide bonds. The number of nitrogens with zero attached hydrogens (tertiary/aromatic N) is 1. The molecule has 6 nitrogen and oxygen atoms in total. The van der Waals surface area contributed by atoms with Crippen molar-refractivity contribution in [3.63, 3.8) is 0 Å². The molecule has 0 heterocycles. The lowest BCUT2D eigenvalue weighted by molar-refractivity contribution is -0.116. The molecule has 160 valence electrons. The van der Waals surface area contributed by atoms with E-state index in [1.54, 1.807) is 42.5 Å². The number of hydrogen-bond acceptors (Lipinski definition) is 4. The first-order valence-corrected chi connectivity index (χ1v) is 11.3. The topological polar surface area (TPSA) is 83.6 Å². The van der Waals surface area contributed by atoms with Crippen LogP contribution in [0.25, 0.3) is 0 Å². The molecule has 3 aromatic carbocycles. The van der Waals surface area contributed by atoms with Crippen molar-refractivity contribution in [3.8, 4) is 0 Å². The number of rotatable bonds is 9. The van der Waals surface area contributed by atoms with Crippen LogP contribution in [0, 0.1) is 0 Å². The van der Waals surface area contributed by atoms with Gasteiger partial charge in [0.2, 0.25) is 15.9 Å². The molecule has 0 atom stereocenters. The summed E-state index contributed by atoms with van der Waals surface area (Å²) >= 11 is 0. The zero-order valence-corrected chi connectivity index (χ0v) is 18.0. The molecule has 0 bridgehead atoms. The van der Waals surface area contributed by atoms with E-state index < -0.39 is 15.9 Å². The van der Waals surface area contributed by atoms with E-state index in [2.05, 4.69) is 5.32 Å². The molecule has 0 aliphatic carbocycles. The maximum Gasteiger partial charge on any atom is 0.243 e. The van der Waals surface area contributed by atoms with Crippen LogP contribution in [0.4, 0.5) is 5.69 Å². The fourth-order valence-corrected chi connectivity index (χ4v) is 4.52. The largest absolute Gasteiger partial charge is 0.325 e.